The number of carbonyl (C=O) groups excluding carboxylic acids is 2. The van der Waals surface area contributed by atoms with E-state index < -0.39 is 21.8 Å². The highest BCUT2D eigenvalue weighted by Crippen LogP contribution is 2.16. The quantitative estimate of drug-likeness (QED) is 0.798. The highest BCUT2D eigenvalue weighted by molar-refractivity contribution is 7.91. The van der Waals surface area contributed by atoms with E-state index in [9.17, 15) is 18.0 Å². The lowest BCUT2D eigenvalue weighted by Gasteiger charge is -2.09. The number of carbonyl (C=O) groups is 2. The fraction of sp³-hybridized carbons (Fsp3) is 0.438. The fourth-order valence-electron chi connectivity index (χ4n) is 2.85. The molecule has 25 heavy (non-hydrogen) atoms. The number of fused-ring (bicyclic) bond motifs is 1. The van der Waals surface area contributed by atoms with Crippen LogP contribution in [0.2, 0.25) is 0 Å². The Morgan fingerprint density at radius 1 is 1.32 bits per heavy atom. The summed E-state index contributed by atoms with van der Waals surface area (Å²) in [6, 6.07) is 4.78. The molecule has 9 heteroatoms. The fourth-order valence-corrected chi connectivity index (χ4v) is 4.52. The van der Waals surface area contributed by atoms with Crippen molar-refractivity contribution in [2.24, 2.45) is 0 Å². The van der Waals surface area contributed by atoms with Crippen LogP contribution in [-0.4, -0.2) is 53.7 Å². The number of imidazole rings is 1. The summed E-state index contributed by atoms with van der Waals surface area (Å²) in [6.45, 7) is 2.46. The maximum absolute atomic E-state index is 12.6. The lowest BCUT2D eigenvalue weighted by atomic mass is 10.2. The molecule has 3 rings (SSSR count). The zero-order valence-electron chi connectivity index (χ0n) is 13.9. The van der Waals surface area contributed by atoms with Crippen LogP contribution in [-0.2, 0) is 9.84 Å². The highest BCUT2D eigenvalue weighted by Gasteiger charge is 2.30. The molecule has 134 valence electrons. The van der Waals surface area contributed by atoms with Crippen LogP contribution in [0, 0.1) is 0 Å². The first-order valence-corrected chi connectivity index (χ1v) is 10.00. The van der Waals surface area contributed by atoms with Gasteiger partial charge in [0.2, 0.25) is 5.82 Å². The first-order valence-electron chi connectivity index (χ1n) is 8.18. The van der Waals surface area contributed by atoms with Crippen LogP contribution in [0.15, 0.2) is 24.4 Å². The average Bonchev–Trinajstić information content (AvgIpc) is 3.13. The monoisotopic (exact) mass is 364 g/mol. The van der Waals surface area contributed by atoms with Crippen LogP contribution in [0.3, 0.4) is 0 Å². The van der Waals surface area contributed by atoms with Crippen molar-refractivity contribution in [1.82, 2.24) is 20.0 Å². The molecule has 0 saturated carbocycles. The third-order valence-corrected chi connectivity index (χ3v) is 5.84. The molecular formula is C16H20N4O4S. The Morgan fingerprint density at radius 3 is 2.80 bits per heavy atom. The highest BCUT2D eigenvalue weighted by atomic mass is 32.2. The van der Waals surface area contributed by atoms with Crippen molar-refractivity contribution in [3.63, 3.8) is 0 Å². The van der Waals surface area contributed by atoms with Crippen molar-refractivity contribution in [1.29, 1.82) is 0 Å². The molecule has 1 atom stereocenters. The molecular weight excluding hydrogens is 344 g/mol. The molecule has 1 aliphatic rings. The molecule has 1 aliphatic heterocycles. The van der Waals surface area contributed by atoms with Crippen molar-refractivity contribution in [3.05, 3.63) is 35.9 Å². The van der Waals surface area contributed by atoms with E-state index in [1.54, 1.807) is 28.8 Å². The molecule has 0 spiro atoms. The number of aromatic nitrogens is 2. The molecule has 2 N–H and O–H groups in total. The molecule has 0 radical (unpaired) electrons. The topological polar surface area (TPSA) is 110 Å². The third kappa shape index (κ3) is 3.65. The van der Waals surface area contributed by atoms with Gasteiger partial charge >= 0.3 is 0 Å². The van der Waals surface area contributed by atoms with Gasteiger partial charge in [0.05, 0.1) is 17.0 Å². The molecule has 1 saturated heterocycles. The summed E-state index contributed by atoms with van der Waals surface area (Å²) in [6.07, 6.45) is 2.85. The third-order valence-electron chi connectivity index (χ3n) is 4.07. The Labute approximate surface area is 145 Å². The number of sulfone groups is 1. The Bertz CT molecular complexity index is 919. The smallest absolute Gasteiger partial charge is 0.287 e. The zero-order chi connectivity index (χ0) is 18.0. The molecule has 8 nitrogen and oxygen atoms in total. The molecule has 0 aliphatic carbocycles. The van der Waals surface area contributed by atoms with Gasteiger partial charge in [0, 0.05) is 18.8 Å². The maximum atomic E-state index is 12.6. The first-order chi connectivity index (χ1) is 11.9. The summed E-state index contributed by atoms with van der Waals surface area (Å²) in [5.41, 5.74) is 0.619. The molecule has 2 aromatic heterocycles. The summed E-state index contributed by atoms with van der Waals surface area (Å²) < 4.78 is 24.6. The molecule has 0 aromatic carbocycles. The minimum absolute atomic E-state index is 0.0611. The van der Waals surface area contributed by atoms with E-state index in [2.05, 4.69) is 15.6 Å². The molecule has 2 amide bonds. The number of rotatable bonds is 5. The van der Waals surface area contributed by atoms with Gasteiger partial charge in [-0.3, -0.25) is 14.0 Å². The van der Waals surface area contributed by atoms with Crippen LogP contribution in [0.25, 0.3) is 5.52 Å². The Balaban J connectivity index is 1.88. The molecule has 1 unspecified atom stereocenters. The normalized spacial score (nSPS) is 19.0. The van der Waals surface area contributed by atoms with E-state index in [-0.39, 0.29) is 28.9 Å². The van der Waals surface area contributed by atoms with E-state index >= 15 is 0 Å². The van der Waals surface area contributed by atoms with Crippen molar-refractivity contribution in [2.75, 3.05) is 18.1 Å². The Hall–Kier alpha value is -2.42. The minimum atomic E-state index is -3.09. The first kappa shape index (κ1) is 17.4. The van der Waals surface area contributed by atoms with Crippen LogP contribution in [0.1, 0.15) is 40.9 Å². The molecule has 1 fully saturated rings. The van der Waals surface area contributed by atoms with E-state index in [1.807, 2.05) is 6.92 Å². The van der Waals surface area contributed by atoms with Crippen LogP contribution < -0.4 is 10.6 Å². The van der Waals surface area contributed by atoms with Gasteiger partial charge in [-0.2, -0.15) is 0 Å². The number of nitrogens with one attached hydrogen (secondary N) is 2. The van der Waals surface area contributed by atoms with Gasteiger partial charge in [-0.25, -0.2) is 13.4 Å². The second-order valence-electron chi connectivity index (χ2n) is 6.07. The largest absolute Gasteiger partial charge is 0.349 e. The van der Waals surface area contributed by atoms with Crippen LogP contribution >= 0.6 is 0 Å². The second-order valence-corrected chi connectivity index (χ2v) is 8.30. The summed E-state index contributed by atoms with van der Waals surface area (Å²) in [5, 5.41) is 5.46. The SMILES string of the molecule is CCCNC(=O)c1nc(C(=O)NC2CCS(=O)(=O)C2)c2ccccn12. The van der Waals surface area contributed by atoms with Crippen molar-refractivity contribution in [3.8, 4) is 0 Å². The zero-order valence-corrected chi connectivity index (χ0v) is 14.7. The van der Waals surface area contributed by atoms with Gasteiger partial charge in [-0.05, 0) is 25.0 Å². The van der Waals surface area contributed by atoms with Gasteiger partial charge in [-0.1, -0.05) is 13.0 Å². The predicted molar refractivity (Wildman–Crippen MR) is 92.3 cm³/mol. The van der Waals surface area contributed by atoms with Gasteiger partial charge < -0.3 is 10.6 Å². The number of pyridine rings is 1. The van der Waals surface area contributed by atoms with Gasteiger partial charge in [0.25, 0.3) is 11.8 Å². The summed E-state index contributed by atoms with van der Waals surface area (Å²) in [4.78, 5) is 29.0. The number of nitrogens with zero attached hydrogens (tertiary/aromatic N) is 2. The van der Waals surface area contributed by atoms with Crippen LogP contribution in [0.4, 0.5) is 0 Å². The lowest BCUT2D eigenvalue weighted by molar-refractivity contribution is 0.0938. The lowest BCUT2D eigenvalue weighted by Crippen LogP contribution is -2.36. The Morgan fingerprint density at radius 2 is 2.12 bits per heavy atom. The predicted octanol–water partition coefficient (Wildman–Crippen LogP) is 0.391. The summed E-state index contributed by atoms with van der Waals surface area (Å²) in [7, 11) is -3.09. The van der Waals surface area contributed by atoms with Gasteiger partial charge in [0.15, 0.2) is 15.5 Å². The number of amides is 2. The van der Waals surface area contributed by atoms with Crippen molar-refractivity contribution in [2.45, 2.75) is 25.8 Å². The summed E-state index contributed by atoms with van der Waals surface area (Å²) >= 11 is 0. The van der Waals surface area contributed by atoms with E-state index in [0.29, 0.717) is 18.5 Å². The van der Waals surface area contributed by atoms with Crippen molar-refractivity contribution >= 4 is 27.2 Å². The van der Waals surface area contributed by atoms with E-state index in [0.717, 1.165) is 6.42 Å². The van der Waals surface area contributed by atoms with Gasteiger partial charge in [-0.15, -0.1) is 0 Å². The number of hydrogen-bond acceptors (Lipinski definition) is 5. The van der Waals surface area contributed by atoms with Crippen LogP contribution in [0.5, 0.6) is 0 Å². The van der Waals surface area contributed by atoms with E-state index in [1.165, 1.54) is 0 Å². The van der Waals surface area contributed by atoms with E-state index in [4.69, 9.17) is 0 Å². The standard InChI is InChI=1S/C16H20N4O4S/c1-2-7-17-16(22)14-19-13(12-5-3-4-8-20(12)14)15(21)18-11-6-9-25(23,24)10-11/h3-5,8,11H,2,6-7,9-10H2,1H3,(H,17,22)(H,18,21). The molecule has 3 heterocycles. The average molecular weight is 364 g/mol. The number of hydrogen-bond donors (Lipinski definition) is 2. The second kappa shape index (κ2) is 6.83. The maximum Gasteiger partial charge on any atom is 0.287 e. The summed E-state index contributed by atoms with van der Waals surface area (Å²) in [5.74, 6) is -0.680. The minimum Gasteiger partial charge on any atom is -0.349 e. The van der Waals surface area contributed by atoms with Crippen molar-refractivity contribution < 1.29 is 18.0 Å². The van der Waals surface area contributed by atoms with Gasteiger partial charge in [0.1, 0.15) is 0 Å². The Kier molecular flexibility index (Phi) is 4.76. The molecule has 0 bridgehead atoms. The molecule has 2 aromatic rings.